The molecule has 1 atom stereocenters. The van der Waals surface area contributed by atoms with Gasteiger partial charge in [0.2, 0.25) is 0 Å². The van der Waals surface area contributed by atoms with Gasteiger partial charge in [-0.2, -0.15) is 0 Å². The van der Waals surface area contributed by atoms with Gasteiger partial charge in [-0.25, -0.2) is 0 Å². The van der Waals surface area contributed by atoms with Crippen LogP contribution in [0.15, 0.2) is 42.5 Å². The highest BCUT2D eigenvalue weighted by Gasteiger charge is 2.14. The zero-order chi connectivity index (χ0) is 18.9. The normalized spacial score (nSPS) is 11.7. The molecule has 0 saturated carbocycles. The van der Waals surface area contributed by atoms with Crippen LogP contribution in [0.2, 0.25) is 0 Å². The van der Waals surface area contributed by atoms with E-state index in [2.05, 4.69) is 24.4 Å². The van der Waals surface area contributed by atoms with Gasteiger partial charge in [0.05, 0.1) is 21.3 Å². The molecule has 0 bridgehead atoms. The predicted octanol–water partition coefficient (Wildman–Crippen LogP) is 1.39. The molecule has 5 heteroatoms. The molecule has 0 fully saturated rings. The molecule has 0 aliphatic carbocycles. The quantitative estimate of drug-likeness (QED) is 0.713. The van der Waals surface area contributed by atoms with Crippen molar-refractivity contribution in [2.45, 2.75) is 19.9 Å². The Balaban J connectivity index is 1.81. The molecular weight excluding hydrogens is 328 g/mol. The molecular formula is C21H29N2O3+. The average molecular weight is 357 g/mol. The van der Waals surface area contributed by atoms with E-state index in [0.29, 0.717) is 19.6 Å². The van der Waals surface area contributed by atoms with Crippen LogP contribution < -0.4 is 19.7 Å². The van der Waals surface area contributed by atoms with Gasteiger partial charge in [-0.15, -0.1) is 0 Å². The number of rotatable bonds is 9. The van der Waals surface area contributed by atoms with E-state index in [9.17, 15) is 4.79 Å². The number of amides is 1. The van der Waals surface area contributed by atoms with Crippen molar-refractivity contribution < 1.29 is 19.2 Å². The first-order valence-corrected chi connectivity index (χ1v) is 8.87. The number of methoxy groups -OCH3 is 2. The summed E-state index contributed by atoms with van der Waals surface area (Å²) in [5.74, 6) is 1.60. The monoisotopic (exact) mass is 357 g/mol. The van der Waals surface area contributed by atoms with Crippen molar-refractivity contribution in [3.05, 3.63) is 59.2 Å². The summed E-state index contributed by atoms with van der Waals surface area (Å²) in [6, 6.07) is 14.0. The van der Waals surface area contributed by atoms with E-state index in [-0.39, 0.29) is 5.91 Å². The van der Waals surface area contributed by atoms with Crippen LogP contribution in [0.25, 0.3) is 0 Å². The summed E-state index contributed by atoms with van der Waals surface area (Å²) in [6.07, 6.45) is 0.851. The molecule has 2 aromatic rings. The molecule has 0 spiro atoms. The zero-order valence-electron chi connectivity index (χ0n) is 16.1. The number of aryl methyl sites for hydroxylation is 1. The summed E-state index contributed by atoms with van der Waals surface area (Å²) in [7, 11) is 5.28. The molecule has 2 aromatic carbocycles. The maximum Gasteiger partial charge on any atom is 0.275 e. The molecule has 140 valence electrons. The standard InChI is InChI=1S/C21H28N2O3/c1-16-7-5-6-8-17(16)11-12-22-21(24)15-23(2)14-18-9-10-19(25-3)13-20(18)26-4/h5-10,13H,11-12,14-15H2,1-4H3,(H,22,24)/p+1. The van der Waals surface area contributed by atoms with Gasteiger partial charge < -0.3 is 19.7 Å². The number of quaternary nitrogens is 1. The number of likely N-dealkylation sites (N-methyl/N-ethyl adjacent to an activating group) is 1. The Bertz CT molecular complexity index is 731. The highest BCUT2D eigenvalue weighted by Crippen LogP contribution is 2.23. The van der Waals surface area contributed by atoms with Crippen molar-refractivity contribution in [2.75, 3.05) is 34.4 Å². The van der Waals surface area contributed by atoms with Crippen molar-refractivity contribution in [1.29, 1.82) is 0 Å². The number of carbonyl (C=O) groups is 1. The van der Waals surface area contributed by atoms with Crippen LogP contribution in [0.5, 0.6) is 11.5 Å². The SMILES string of the molecule is COc1ccc(C[NH+](C)CC(=O)NCCc2ccccc2C)c(OC)c1. The lowest BCUT2D eigenvalue weighted by Gasteiger charge is -2.16. The molecule has 0 aromatic heterocycles. The molecule has 2 N–H and O–H groups in total. The lowest BCUT2D eigenvalue weighted by atomic mass is 10.1. The van der Waals surface area contributed by atoms with Gasteiger partial charge in [-0.3, -0.25) is 4.79 Å². The van der Waals surface area contributed by atoms with Gasteiger partial charge in [-0.05, 0) is 36.6 Å². The summed E-state index contributed by atoms with van der Waals surface area (Å²) >= 11 is 0. The summed E-state index contributed by atoms with van der Waals surface area (Å²) in [5.41, 5.74) is 3.59. The van der Waals surface area contributed by atoms with E-state index in [1.807, 2.05) is 37.4 Å². The third kappa shape index (κ3) is 5.77. The highest BCUT2D eigenvalue weighted by atomic mass is 16.5. The van der Waals surface area contributed by atoms with Crippen LogP contribution in [0.1, 0.15) is 16.7 Å². The number of benzene rings is 2. The fourth-order valence-corrected chi connectivity index (χ4v) is 2.95. The highest BCUT2D eigenvalue weighted by molar-refractivity contribution is 5.76. The van der Waals surface area contributed by atoms with E-state index >= 15 is 0 Å². The second-order valence-electron chi connectivity index (χ2n) is 6.51. The number of ether oxygens (including phenoxy) is 2. The first-order valence-electron chi connectivity index (χ1n) is 8.87. The minimum atomic E-state index is 0.0589. The van der Waals surface area contributed by atoms with Crippen LogP contribution in [0, 0.1) is 6.92 Å². The molecule has 0 radical (unpaired) electrons. The fraction of sp³-hybridized carbons (Fsp3) is 0.381. The second kappa shape index (κ2) is 9.82. The van der Waals surface area contributed by atoms with Gasteiger partial charge in [0.15, 0.2) is 6.54 Å². The Labute approximate surface area is 155 Å². The van der Waals surface area contributed by atoms with Crippen LogP contribution in [-0.4, -0.2) is 40.3 Å². The lowest BCUT2D eigenvalue weighted by Crippen LogP contribution is -3.08. The van der Waals surface area contributed by atoms with Gasteiger partial charge in [0, 0.05) is 18.2 Å². The fourth-order valence-electron chi connectivity index (χ4n) is 2.95. The average Bonchev–Trinajstić information content (AvgIpc) is 2.63. The molecule has 1 amide bonds. The first kappa shape index (κ1) is 19.8. The Hall–Kier alpha value is -2.53. The summed E-state index contributed by atoms with van der Waals surface area (Å²) in [4.78, 5) is 13.3. The Morgan fingerprint density at radius 3 is 2.54 bits per heavy atom. The topological polar surface area (TPSA) is 52.0 Å². The van der Waals surface area contributed by atoms with Crippen LogP contribution in [-0.2, 0) is 17.8 Å². The van der Waals surface area contributed by atoms with Crippen LogP contribution >= 0.6 is 0 Å². The summed E-state index contributed by atoms with van der Waals surface area (Å²) < 4.78 is 10.6. The maximum absolute atomic E-state index is 12.2. The van der Waals surface area contributed by atoms with Gasteiger partial charge in [0.25, 0.3) is 5.91 Å². The first-order chi connectivity index (χ1) is 12.5. The van der Waals surface area contributed by atoms with Gasteiger partial charge >= 0.3 is 0 Å². The van der Waals surface area contributed by atoms with Crippen LogP contribution in [0.3, 0.4) is 0 Å². The van der Waals surface area contributed by atoms with E-state index in [1.54, 1.807) is 14.2 Å². The molecule has 2 rings (SSSR count). The zero-order valence-corrected chi connectivity index (χ0v) is 16.1. The van der Waals surface area contributed by atoms with E-state index < -0.39 is 0 Å². The Kier molecular flexibility index (Phi) is 7.48. The van der Waals surface area contributed by atoms with Crippen molar-refractivity contribution in [3.63, 3.8) is 0 Å². The van der Waals surface area contributed by atoms with Crippen molar-refractivity contribution >= 4 is 5.91 Å². The molecule has 26 heavy (non-hydrogen) atoms. The number of carbonyl (C=O) groups excluding carboxylic acids is 1. The summed E-state index contributed by atoms with van der Waals surface area (Å²) in [5, 5.41) is 3.01. The van der Waals surface area contributed by atoms with Crippen LogP contribution in [0.4, 0.5) is 0 Å². The molecule has 0 saturated heterocycles. The maximum atomic E-state index is 12.2. The van der Waals surface area contributed by atoms with Gasteiger partial charge in [-0.1, -0.05) is 24.3 Å². The molecule has 0 aliphatic heterocycles. The molecule has 1 unspecified atom stereocenters. The Morgan fingerprint density at radius 2 is 1.85 bits per heavy atom. The minimum Gasteiger partial charge on any atom is -0.497 e. The summed E-state index contributed by atoms with van der Waals surface area (Å²) in [6.45, 7) is 3.88. The Morgan fingerprint density at radius 1 is 1.08 bits per heavy atom. The second-order valence-corrected chi connectivity index (χ2v) is 6.51. The van der Waals surface area contributed by atoms with Gasteiger partial charge in [0.1, 0.15) is 18.0 Å². The molecule has 0 heterocycles. The smallest absolute Gasteiger partial charge is 0.275 e. The van der Waals surface area contributed by atoms with Crippen molar-refractivity contribution in [3.8, 4) is 11.5 Å². The van der Waals surface area contributed by atoms with E-state index in [1.165, 1.54) is 11.1 Å². The molecule has 0 aliphatic rings. The third-order valence-corrected chi connectivity index (χ3v) is 4.43. The number of hydrogen-bond donors (Lipinski definition) is 2. The van der Waals surface area contributed by atoms with Crippen molar-refractivity contribution in [2.24, 2.45) is 0 Å². The third-order valence-electron chi connectivity index (χ3n) is 4.43. The van der Waals surface area contributed by atoms with Crippen molar-refractivity contribution in [1.82, 2.24) is 5.32 Å². The largest absolute Gasteiger partial charge is 0.497 e. The van der Waals surface area contributed by atoms with E-state index in [0.717, 1.165) is 28.4 Å². The number of hydrogen-bond acceptors (Lipinski definition) is 3. The lowest BCUT2D eigenvalue weighted by molar-refractivity contribution is -0.885. The van der Waals surface area contributed by atoms with E-state index in [4.69, 9.17) is 9.47 Å². The molecule has 5 nitrogen and oxygen atoms in total. The predicted molar refractivity (Wildman–Crippen MR) is 103 cm³/mol. The number of nitrogens with one attached hydrogen (secondary N) is 2. The minimum absolute atomic E-state index is 0.0589.